The number of hydrogen-bond donors (Lipinski definition) is 1. The molecular weight excluding hydrogens is 236 g/mol. The molecule has 1 aromatic carbocycles. The Hall–Kier alpha value is -0.860. The van der Waals surface area contributed by atoms with Gasteiger partial charge in [0.1, 0.15) is 0 Å². The van der Waals surface area contributed by atoms with E-state index in [1.807, 2.05) is 0 Å². The van der Waals surface area contributed by atoms with Crippen molar-refractivity contribution in [3.05, 3.63) is 35.4 Å². The highest BCUT2D eigenvalue weighted by molar-refractivity contribution is 5.30. The molecular formula is C17H24O2. The van der Waals surface area contributed by atoms with Crippen LogP contribution in [0.5, 0.6) is 0 Å². The molecule has 0 saturated carbocycles. The molecule has 1 aliphatic heterocycles. The van der Waals surface area contributed by atoms with Gasteiger partial charge in [-0.15, -0.1) is 0 Å². The van der Waals surface area contributed by atoms with E-state index in [9.17, 15) is 5.11 Å². The van der Waals surface area contributed by atoms with Crippen LogP contribution in [-0.2, 0) is 11.2 Å². The molecule has 2 aliphatic rings. The van der Waals surface area contributed by atoms with Crippen molar-refractivity contribution in [2.24, 2.45) is 11.8 Å². The summed E-state index contributed by atoms with van der Waals surface area (Å²) in [4.78, 5) is 0. The lowest BCUT2D eigenvalue weighted by molar-refractivity contribution is 0.0370. The molecule has 0 aromatic heterocycles. The third-order valence-electron chi connectivity index (χ3n) is 4.82. The van der Waals surface area contributed by atoms with Crippen molar-refractivity contribution in [3.63, 3.8) is 0 Å². The molecule has 2 unspecified atom stereocenters. The van der Waals surface area contributed by atoms with Crippen LogP contribution in [0, 0.1) is 11.8 Å². The molecule has 1 saturated heterocycles. The third-order valence-corrected chi connectivity index (χ3v) is 4.82. The van der Waals surface area contributed by atoms with Crippen LogP contribution in [-0.4, -0.2) is 18.3 Å². The van der Waals surface area contributed by atoms with Gasteiger partial charge in [0.05, 0.1) is 6.10 Å². The van der Waals surface area contributed by atoms with Crippen molar-refractivity contribution >= 4 is 0 Å². The number of rotatable bonds is 2. The highest BCUT2D eigenvalue weighted by atomic mass is 16.5. The third kappa shape index (κ3) is 3.01. The van der Waals surface area contributed by atoms with Crippen LogP contribution in [0.3, 0.4) is 0 Å². The quantitative estimate of drug-likeness (QED) is 0.825. The van der Waals surface area contributed by atoms with Gasteiger partial charge in [-0.25, -0.2) is 0 Å². The van der Waals surface area contributed by atoms with Crippen molar-refractivity contribution in [3.8, 4) is 0 Å². The van der Waals surface area contributed by atoms with Gasteiger partial charge in [0, 0.05) is 13.2 Å². The standard InChI is InChI=1S/C17H24O2/c18-17-15(12-13-8-10-19-11-9-13)6-3-5-14-4-1-2-7-16(14)17/h1-2,4,7,13,15,17-18H,3,5-6,8-12H2. The van der Waals surface area contributed by atoms with E-state index in [2.05, 4.69) is 24.3 Å². The molecule has 0 amide bonds. The van der Waals surface area contributed by atoms with E-state index in [-0.39, 0.29) is 6.10 Å². The average Bonchev–Trinajstić information content (AvgIpc) is 2.61. The van der Waals surface area contributed by atoms with Gasteiger partial charge in [-0.1, -0.05) is 24.3 Å². The lowest BCUT2D eigenvalue weighted by Crippen LogP contribution is -2.21. The van der Waals surface area contributed by atoms with Gasteiger partial charge in [0.25, 0.3) is 0 Å². The van der Waals surface area contributed by atoms with E-state index in [0.717, 1.165) is 32.0 Å². The number of aliphatic hydroxyl groups excluding tert-OH is 1. The largest absolute Gasteiger partial charge is 0.388 e. The van der Waals surface area contributed by atoms with Crippen molar-refractivity contribution < 1.29 is 9.84 Å². The maximum atomic E-state index is 10.7. The number of fused-ring (bicyclic) bond motifs is 1. The van der Waals surface area contributed by atoms with Crippen molar-refractivity contribution in [1.29, 1.82) is 0 Å². The summed E-state index contributed by atoms with van der Waals surface area (Å²) in [6.45, 7) is 1.81. The Balaban J connectivity index is 1.72. The minimum atomic E-state index is -0.262. The predicted octanol–water partition coefficient (Wildman–Crippen LogP) is 3.49. The lowest BCUT2D eigenvalue weighted by Gasteiger charge is -2.29. The molecule has 1 aromatic rings. The smallest absolute Gasteiger partial charge is 0.0820 e. The van der Waals surface area contributed by atoms with E-state index in [1.165, 1.54) is 36.8 Å². The normalized spacial score (nSPS) is 28.7. The molecule has 2 atom stereocenters. The predicted molar refractivity (Wildman–Crippen MR) is 76.0 cm³/mol. The minimum Gasteiger partial charge on any atom is -0.388 e. The zero-order valence-corrected chi connectivity index (χ0v) is 11.6. The Morgan fingerprint density at radius 2 is 1.89 bits per heavy atom. The van der Waals surface area contributed by atoms with Gasteiger partial charge in [-0.2, -0.15) is 0 Å². The zero-order valence-electron chi connectivity index (χ0n) is 11.6. The highest BCUT2D eigenvalue weighted by Crippen LogP contribution is 2.38. The molecule has 0 bridgehead atoms. The van der Waals surface area contributed by atoms with Gasteiger partial charge in [0.2, 0.25) is 0 Å². The van der Waals surface area contributed by atoms with Crippen molar-refractivity contribution in [2.75, 3.05) is 13.2 Å². The summed E-state index contributed by atoms with van der Waals surface area (Å²) in [5.74, 6) is 1.19. The molecule has 3 rings (SSSR count). The molecule has 1 N–H and O–H groups in total. The van der Waals surface area contributed by atoms with Crippen LogP contribution < -0.4 is 0 Å². The highest BCUT2D eigenvalue weighted by Gasteiger charge is 2.28. The first-order valence-electron chi connectivity index (χ1n) is 7.68. The van der Waals surface area contributed by atoms with Gasteiger partial charge in [0.15, 0.2) is 0 Å². The van der Waals surface area contributed by atoms with E-state index in [0.29, 0.717) is 5.92 Å². The summed E-state index contributed by atoms with van der Waals surface area (Å²) in [5, 5.41) is 10.7. The maximum Gasteiger partial charge on any atom is 0.0820 e. The first-order chi connectivity index (χ1) is 9.34. The zero-order chi connectivity index (χ0) is 13.1. The summed E-state index contributed by atoms with van der Waals surface area (Å²) >= 11 is 0. The summed E-state index contributed by atoms with van der Waals surface area (Å²) in [7, 11) is 0. The summed E-state index contributed by atoms with van der Waals surface area (Å²) in [6, 6.07) is 8.43. The second kappa shape index (κ2) is 6.06. The van der Waals surface area contributed by atoms with E-state index in [1.54, 1.807) is 0 Å². The van der Waals surface area contributed by atoms with Crippen LogP contribution in [0.4, 0.5) is 0 Å². The topological polar surface area (TPSA) is 29.5 Å². The van der Waals surface area contributed by atoms with E-state index < -0.39 is 0 Å². The SMILES string of the molecule is OC1c2ccccc2CCCC1CC1CCOCC1. The van der Waals surface area contributed by atoms with Crippen molar-refractivity contribution in [2.45, 2.75) is 44.6 Å². The first kappa shape index (κ1) is 13.1. The maximum absolute atomic E-state index is 10.7. The van der Waals surface area contributed by atoms with Gasteiger partial charge < -0.3 is 9.84 Å². The number of ether oxygens (including phenoxy) is 1. The van der Waals surface area contributed by atoms with Crippen LogP contribution in [0.15, 0.2) is 24.3 Å². The molecule has 1 aliphatic carbocycles. The lowest BCUT2D eigenvalue weighted by atomic mass is 9.82. The molecule has 0 radical (unpaired) electrons. The molecule has 2 heteroatoms. The fraction of sp³-hybridized carbons (Fsp3) is 0.647. The van der Waals surface area contributed by atoms with E-state index >= 15 is 0 Å². The molecule has 1 heterocycles. The van der Waals surface area contributed by atoms with E-state index in [4.69, 9.17) is 4.74 Å². The summed E-state index contributed by atoms with van der Waals surface area (Å²) in [5.41, 5.74) is 2.53. The number of benzene rings is 1. The van der Waals surface area contributed by atoms with Gasteiger partial charge in [-0.05, 0) is 61.5 Å². The second-order valence-electron chi connectivity index (χ2n) is 6.09. The Morgan fingerprint density at radius 1 is 1.11 bits per heavy atom. The Bertz CT molecular complexity index is 409. The molecule has 104 valence electrons. The van der Waals surface area contributed by atoms with Gasteiger partial charge in [-0.3, -0.25) is 0 Å². The Kier molecular flexibility index (Phi) is 4.19. The average molecular weight is 260 g/mol. The van der Waals surface area contributed by atoms with Crippen LogP contribution in [0.1, 0.15) is 49.3 Å². The molecule has 2 nitrogen and oxygen atoms in total. The Labute approximate surface area is 115 Å². The minimum absolute atomic E-state index is 0.262. The second-order valence-corrected chi connectivity index (χ2v) is 6.09. The van der Waals surface area contributed by atoms with Crippen LogP contribution >= 0.6 is 0 Å². The number of aliphatic hydroxyl groups is 1. The molecule has 0 spiro atoms. The number of aryl methyl sites for hydroxylation is 1. The monoisotopic (exact) mass is 260 g/mol. The first-order valence-corrected chi connectivity index (χ1v) is 7.68. The fourth-order valence-electron chi connectivity index (χ4n) is 3.67. The molecule has 1 fully saturated rings. The van der Waals surface area contributed by atoms with Crippen LogP contribution in [0.2, 0.25) is 0 Å². The van der Waals surface area contributed by atoms with Crippen molar-refractivity contribution in [1.82, 2.24) is 0 Å². The summed E-state index contributed by atoms with van der Waals surface area (Å²) in [6.07, 6.45) is 6.74. The van der Waals surface area contributed by atoms with Gasteiger partial charge >= 0.3 is 0 Å². The fourth-order valence-corrected chi connectivity index (χ4v) is 3.67. The Morgan fingerprint density at radius 3 is 2.74 bits per heavy atom. The molecule has 19 heavy (non-hydrogen) atoms. The number of hydrogen-bond acceptors (Lipinski definition) is 2. The summed E-state index contributed by atoms with van der Waals surface area (Å²) < 4.78 is 5.43. The van der Waals surface area contributed by atoms with Crippen LogP contribution in [0.25, 0.3) is 0 Å².